The van der Waals surface area contributed by atoms with Crippen molar-refractivity contribution in [3.05, 3.63) is 254 Å². The summed E-state index contributed by atoms with van der Waals surface area (Å²) in [6.45, 7) is 8.43. The molecule has 3 heterocycles. The van der Waals surface area contributed by atoms with Crippen molar-refractivity contribution < 1.29 is 120 Å². The van der Waals surface area contributed by atoms with E-state index < -0.39 is 99.4 Å². The van der Waals surface area contributed by atoms with Gasteiger partial charge in [0.15, 0.2) is 34.4 Å². The van der Waals surface area contributed by atoms with Crippen LogP contribution in [0.4, 0.5) is 57.5 Å². The molecule has 3 saturated carbocycles. The van der Waals surface area contributed by atoms with E-state index >= 15 is 0 Å². The zero-order chi connectivity index (χ0) is 93.8. The van der Waals surface area contributed by atoms with Gasteiger partial charge < -0.3 is 41.8 Å². The maximum Gasteiger partial charge on any atom is 0.436 e. The molecule has 0 bridgehead atoms. The molecule has 9 aromatic rings. The molecule has 3 aliphatic rings. The number of nitrogens with zero attached hydrogens (tertiary/aromatic N) is 5. The van der Waals surface area contributed by atoms with Crippen LogP contribution in [0.15, 0.2) is 182 Å². The number of amides is 2. The zero-order valence-electron chi connectivity index (χ0n) is 70.1. The Bertz CT molecular complexity index is 5050. The maximum atomic E-state index is 13.5. The molecule has 708 valence electrons. The Kier molecular flexibility index (Phi) is 47.6. The van der Waals surface area contributed by atoms with E-state index in [4.69, 9.17) is 26.4 Å². The molecule has 130 heavy (non-hydrogen) atoms. The van der Waals surface area contributed by atoms with Gasteiger partial charge in [-0.3, -0.25) is 38.7 Å². The third-order valence-corrected chi connectivity index (χ3v) is 20.5. The Morgan fingerprint density at radius 2 is 0.869 bits per heavy atom. The average molecular weight is 1970 g/mol. The lowest BCUT2D eigenvalue weighted by atomic mass is 9.76. The second kappa shape index (κ2) is 54.9. The fraction of sp³-hybridized carbons (Fsp3) is 0.402. The average Bonchev–Trinajstić information content (AvgIpc) is 1.65. The molecule has 0 unspecified atom stereocenters. The number of hydrogen-bond acceptors (Lipinski definition) is 17. The van der Waals surface area contributed by atoms with Crippen LogP contribution in [0.25, 0.3) is 11.4 Å². The fourth-order valence-corrected chi connectivity index (χ4v) is 14.0. The van der Waals surface area contributed by atoms with Crippen molar-refractivity contribution >= 4 is 93.8 Å². The van der Waals surface area contributed by atoms with Crippen LogP contribution < -0.4 is 22.1 Å². The summed E-state index contributed by atoms with van der Waals surface area (Å²) in [7, 11) is 0. The van der Waals surface area contributed by atoms with Crippen LogP contribution in [0.3, 0.4) is 0 Å². The molecule has 0 saturated heterocycles. The van der Waals surface area contributed by atoms with E-state index in [1.807, 2.05) is 106 Å². The lowest BCUT2D eigenvalue weighted by molar-refractivity contribution is -0.143. The van der Waals surface area contributed by atoms with Crippen LogP contribution in [0.5, 0.6) is 0 Å². The lowest BCUT2D eigenvalue weighted by Gasteiger charge is -2.26. The van der Waals surface area contributed by atoms with Crippen LogP contribution in [0.2, 0.25) is 0 Å². The predicted octanol–water partition coefficient (Wildman–Crippen LogP) is 20.5. The summed E-state index contributed by atoms with van der Waals surface area (Å²) in [6, 6.07) is 43.7. The van der Waals surface area contributed by atoms with Crippen LogP contribution in [0, 0.1) is 56.5 Å². The molecule has 2 amide bonds. The van der Waals surface area contributed by atoms with E-state index in [1.165, 1.54) is 43.3 Å². The largest absolute Gasteiger partial charge is 0.481 e. The van der Waals surface area contributed by atoms with Gasteiger partial charge in [0.25, 0.3) is 5.91 Å². The van der Waals surface area contributed by atoms with E-state index in [-0.39, 0.29) is 129 Å². The Morgan fingerprint density at radius 3 is 1.21 bits per heavy atom. The summed E-state index contributed by atoms with van der Waals surface area (Å²) in [6.07, 6.45) is -2.07. The summed E-state index contributed by atoms with van der Waals surface area (Å²) >= 11 is 2.07. The highest BCUT2D eigenvalue weighted by Gasteiger charge is 2.42. The minimum Gasteiger partial charge on any atom is -0.481 e. The second-order valence-electron chi connectivity index (χ2n) is 30.3. The maximum absolute atomic E-state index is 13.5. The second-order valence-corrected chi connectivity index (χ2v) is 31.6. The Balaban J connectivity index is 0.000000411. The first-order chi connectivity index (χ1) is 60.0. The number of halogens is 14. The predicted molar refractivity (Wildman–Crippen MR) is 473 cm³/mol. The summed E-state index contributed by atoms with van der Waals surface area (Å²) in [5.74, 6) is -5.39. The van der Waals surface area contributed by atoms with E-state index in [0.29, 0.717) is 99.6 Å². The van der Waals surface area contributed by atoms with Crippen molar-refractivity contribution in [1.29, 1.82) is 0 Å². The van der Waals surface area contributed by atoms with Gasteiger partial charge in [-0.05, 0) is 201 Å². The normalized spacial score (nSPS) is 16.2. The number of hydrogen-bond donors (Lipinski definition) is 7. The molecular weight excluding hydrogens is 1860 g/mol. The number of nitrogens with two attached hydrogens (primary N) is 2. The highest BCUT2D eigenvalue weighted by Crippen LogP contribution is 2.38. The first-order valence-corrected chi connectivity index (χ1v) is 41.6. The number of ketones is 5. The van der Waals surface area contributed by atoms with Gasteiger partial charge in [-0.25, -0.2) is 36.9 Å². The van der Waals surface area contributed by atoms with Crippen LogP contribution in [-0.4, -0.2) is 137 Å². The molecule has 0 atom stereocenters. The molecule has 6 aromatic carbocycles. The van der Waals surface area contributed by atoms with Gasteiger partial charge >= 0.3 is 42.5 Å². The van der Waals surface area contributed by atoms with Crippen molar-refractivity contribution in [2.24, 2.45) is 47.0 Å². The number of aromatic carboxylic acids is 1. The number of aromatic nitrogens is 6. The number of carbonyl (C=O) groups excluding carboxylic acids is 8. The summed E-state index contributed by atoms with van der Waals surface area (Å²) in [5.41, 5.74) is 6.07. The van der Waals surface area contributed by atoms with Crippen molar-refractivity contribution in [2.75, 3.05) is 32.8 Å². The minimum absolute atomic E-state index is 0. The number of alkyl halides is 9. The number of ether oxygens (including phenoxy) is 2. The van der Waals surface area contributed by atoms with Crippen LogP contribution in [0.1, 0.15) is 225 Å². The third-order valence-electron chi connectivity index (χ3n) is 19.8. The molecule has 12 rings (SSSR count). The van der Waals surface area contributed by atoms with E-state index in [1.54, 1.807) is 23.3 Å². The molecule has 9 N–H and O–H groups in total. The van der Waals surface area contributed by atoms with Crippen LogP contribution in [-0.2, 0) is 42.4 Å². The van der Waals surface area contributed by atoms with Gasteiger partial charge in [0.1, 0.15) is 45.7 Å². The molecule has 3 aromatic heterocycles. The number of alkyl carbamates (subject to hydrolysis) is 1. The SMILES string of the molecule is C.C.CC(C)(C)OC(=O)NCCN.CCOC(=O)c1cn[nH]c1C(F)(F)F.Cl.Fc1cccc(I)c1.NCCCC(=O)C1CCC(C(=O)c2ccccc2)CC1.O=C(NCCCC(=O)C1CCC(C(=O)c2ccccc2)CC1)c1cn(-c2cccc(F)c2)nc1C(F)(F)F.O=C(O)C1CCC(C(=O)c2ccccc2)CC1.O=C(O)c1cn(-c2cccc(F)c2)nc1C(F)(F)F. The first-order valence-electron chi connectivity index (χ1n) is 40.5. The minimum atomic E-state index is -4.90. The molecule has 0 aliphatic heterocycles. The number of H-pyrrole nitrogens is 1. The smallest absolute Gasteiger partial charge is 0.436 e. The van der Waals surface area contributed by atoms with Crippen molar-refractivity contribution in [3.8, 4) is 11.4 Å². The van der Waals surface area contributed by atoms with Crippen molar-refractivity contribution in [1.82, 2.24) is 40.4 Å². The summed E-state index contributed by atoms with van der Waals surface area (Å²) < 4.78 is 165. The molecule has 3 fully saturated rings. The monoisotopic (exact) mass is 1970 g/mol. The van der Waals surface area contributed by atoms with E-state index in [2.05, 4.69) is 53.3 Å². The number of esters is 1. The van der Waals surface area contributed by atoms with Gasteiger partial charge in [-0.2, -0.15) is 54.8 Å². The zero-order valence-corrected chi connectivity index (χ0v) is 73.1. The Labute approximate surface area is 764 Å². The molecule has 0 radical (unpaired) electrons. The summed E-state index contributed by atoms with van der Waals surface area (Å²) in [5, 5.41) is 34.0. The number of aliphatic carboxylic acids is 1. The van der Waals surface area contributed by atoms with Gasteiger partial charge in [0.05, 0.1) is 35.7 Å². The molecule has 3 aliphatic carbocycles. The lowest BCUT2D eigenvalue weighted by Crippen LogP contribution is -2.35. The molecule has 0 spiro atoms. The van der Waals surface area contributed by atoms with Crippen LogP contribution >= 0.6 is 35.0 Å². The number of rotatable bonds is 24. The van der Waals surface area contributed by atoms with Crippen molar-refractivity contribution in [3.63, 3.8) is 0 Å². The topological polar surface area (TPSA) is 370 Å². The number of benzene rings is 6. The Hall–Kier alpha value is -11.5. The first kappa shape index (κ1) is 113. The molecule has 38 heteroatoms. The number of carboxylic acids is 2. The highest BCUT2D eigenvalue weighted by molar-refractivity contribution is 14.1. The van der Waals surface area contributed by atoms with Gasteiger partial charge in [-0.15, -0.1) is 12.4 Å². The number of aromatic amines is 1. The van der Waals surface area contributed by atoms with Gasteiger partial charge in [-0.1, -0.05) is 124 Å². The number of carbonyl (C=O) groups is 10. The number of Topliss-reactive ketones (excluding diaryl/α,β-unsaturated/α-hetero) is 5. The van der Waals surface area contributed by atoms with Gasteiger partial charge in [0, 0.05) is 94.7 Å². The quantitative estimate of drug-likeness (QED) is 0.00971. The standard InChI is InChI=1S/C28H27F4N3O3.C17H23NO2.C14H16O3.C11H6F4N2O2.C7H7F3N2O2.C7H16N2O2.C6H4FI.2CH4.ClH/c29-21-8-4-9-22(16-21)35-17-23(26(34-35)28(30,31)32)27(38)33-15-5-10-24(36)18-11-13-20(14-12-18)25(37)19-6-2-1-3-7-19;18-12-4-7-16(19)13-8-10-15(11-9-13)17(20)14-5-2-1-3-6-14;15-13(10-4-2-1-3-5-10)11-6-8-12(9-7-11)14(16)17;12-6-2-1-3-7(4-6)17-5-8(10(18)19)9(16-17)11(13,14)15;1-2-14-6(13)4-3-11-12-5(4)7(8,9)10;1-7(2,3)11-6(10)9-5-4-8;7-5-2-1-3-6(8)4-5;;;/h1-4,6-9,16-18,20H,5,10-15H2,(H,33,38);1-3,5-6,13,15H,4,7-12,18H2;1-5,11-12H,6-9H2,(H,16,17);1-5H,(H,18,19);3H,2H2,1H3,(H,11,12);4-5,8H2,1-3H3,(H,9,10);1-4H;2*1H4;1H. The Morgan fingerprint density at radius 1 is 0.485 bits per heavy atom. The summed E-state index contributed by atoms with van der Waals surface area (Å²) in [4.78, 5) is 118. The fourth-order valence-electron chi connectivity index (χ4n) is 13.5. The van der Waals surface area contributed by atoms with Gasteiger partial charge in [0.2, 0.25) is 0 Å². The third kappa shape index (κ3) is 37.6. The molecule has 24 nitrogen and oxygen atoms in total. The number of nitrogens with one attached hydrogen (secondary N) is 3. The van der Waals surface area contributed by atoms with E-state index in [0.717, 1.165) is 88.1 Å². The number of carboxylic acid groups (broad SMARTS) is 2. The highest BCUT2D eigenvalue weighted by atomic mass is 127. The van der Waals surface area contributed by atoms with Crippen molar-refractivity contribution in [2.45, 2.75) is 169 Å². The molecular formula is C92H108ClF12IN10O14. The van der Waals surface area contributed by atoms with E-state index in [9.17, 15) is 101 Å².